The summed E-state index contributed by atoms with van der Waals surface area (Å²) in [6, 6.07) is 11.6. The van der Waals surface area contributed by atoms with Crippen molar-refractivity contribution in [2.45, 2.75) is 97.1 Å². The van der Waals surface area contributed by atoms with Crippen LogP contribution in [0.3, 0.4) is 0 Å². The van der Waals surface area contributed by atoms with Gasteiger partial charge in [0.2, 0.25) is 11.8 Å². The summed E-state index contributed by atoms with van der Waals surface area (Å²) in [6.45, 7) is 10.5. The first-order valence-corrected chi connectivity index (χ1v) is 20.4. The molecular formula is C44H56N8O6. The van der Waals surface area contributed by atoms with E-state index in [1.54, 1.807) is 0 Å². The number of nitrogens with zero attached hydrogens (tertiary/aromatic N) is 5. The predicted molar refractivity (Wildman–Crippen MR) is 221 cm³/mol. The number of carbonyl (C=O) groups excluding carboxylic acids is 4. The van der Waals surface area contributed by atoms with E-state index in [0.29, 0.717) is 19.5 Å². The predicted octanol–water partition coefficient (Wildman–Crippen LogP) is 6.29. The summed E-state index contributed by atoms with van der Waals surface area (Å²) in [5.74, 6) is 0.314. The molecule has 2 saturated heterocycles. The third kappa shape index (κ3) is 8.25. The van der Waals surface area contributed by atoms with Gasteiger partial charge in [0.15, 0.2) is 0 Å². The van der Waals surface area contributed by atoms with Gasteiger partial charge in [-0.25, -0.2) is 14.6 Å². The smallest absolute Gasteiger partial charge is 0.407 e. The maximum atomic E-state index is 13.7. The van der Waals surface area contributed by atoms with E-state index in [1.165, 1.54) is 36.5 Å². The Balaban J connectivity index is 1.06. The quantitative estimate of drug-likeness (QED) is 0.216. The van der Waals surface area contributed by atoms with Gasteiger partial charge in [0.25, 0.3) is 0 Å². The summed E-state index contributed by atoms with van der Waals surface area (Å²) in [4.78, 5) is 70.6. The number of amides is 4. The molecule has 3 N–H and O–H groups in total. The van der Waals surface area contributed by atoms with Crippen molar-refractivity contribution < 1.29 is 28.7 Å². The largest absolute Gasteiger partial charge is 0.453 e. The number of benzene rings is 2. The molecule has 0 spiro atoms. The Kier molecular flexibility index (Phi) is 12.0. The molecule has 4 aliphatic heterocycles. The number of imidazole rings is 1. The Morgan fingerprint density at radius 3 is 1.88 bits per heavy atom. The second kappa shape index (κ2) is 17.2. The van der Waals surface area contributed by atoms with E-state index in [-0.39, 0.29) is 35.7 Å². The fraction of sp³-hybridized carbons (Fsp3) is 0.500. The van der Waals surface area contributed by atoms with E-state index in [1.807, 2.05) is 49.9 Å². The minimum atomic E-state index is -0.689. The number of hydrogen-bond acceptors (Lipinski definition) is 9. The van der Waals surface area contributed by atoms with Gasteiger partial charge in [-0.3, -0.25) is 19.5 Å². The molecule has 2 fully saturated rings. The highest BCUT2D eigenvalue weighted by Gasteiger charge is 2.39. The van der Waals surface area contributed by atoms with Gasteiger partial charge >= 0.3 is 12.2 Å². The number of alkyl carbamates (subject to hydrolysis) is 2. The molecule has 2 aromatic carbocycles. The summed E-state index contributed by atoms with van der Waals surface area (Å²) in [7, 11) is 4.74. The average molecular weight is 793 g/mol. The Morgan fingerprint density at radius 1 is 0.776 bits per heavy atom. The lowest BCUT2D eigenvalue weighted by atomic mass is 9.91. The number of nitrogens with one attached hydrogen (secondary N) is 3. The average Bonchev–Trinajstić information content (AvgIpc) is 4.04. The third-order valence-corrected chi connectivity index (χ3v) is 12.0. The van der Waals surface area contributed by atoms with Crippen molar-refractivity contribution in [3.05, 3.63) is 71.3 Å². The molecule has 14 heteroatoms. The van der Waals surface area contributed by atoms with E-state index in [4.69, 9.17) is 19.5 Å². The number of aromatic amines is 1. The number of carbonyl (C=O) groups is 4. The molecule has 3 aromatic rings. The first-order chi connectivity index (χ1) is 27.9. The van der Waals surface area contributed by atoms with Crippen LogP contribution in [0.25, 0.3) is 28.0 Å². The molecule has 0 unspecified atom stereocenters. The fourth-order valence-electron chi connectivity index (χ4n) is 8.91. The number of ether oxygens (including phenoxy) is 2. The molecule has 1 aromatic heterocycles. The van der Waals surface area contributed by atoms with Crippen molar-refractivity contribution in [3.63, 3.8) is 0 Å². The molecule has 0 radical (unpaired) electrons. The number of likely N-dealkylation sites (tertiary alicyclic amines) is 2. The fourth-order valence-corrected chi connectivity index (χ4v) is 8.91. The molecule has 4 amide bonds. The van der Waals surface area contributed by atoms with Crippen LogP contribution in [0.15, 0.2) is 53.8 Å². The molecule has 0 saturated carbocycles. The summed E-state index contributed by atoms with van der Waals surface area (Å²) < 4.78 is 9.58. The monoisotopic (exact) mass is 792 g/mol. The second-order valence-electron chi connectivity index (χ2n) is 16.6. The van der Waals surface area contributed by atoms with Crippen LogP contribution in [0.5, 0.6) is 0 Å². The molecule has 0 aliphatic carbocycles. The molecule has 0 bridgehead atoms. The molecule has 5 heterocycles. The summed E-state index contributed by atoms with van der Waals surface area (Å²) >= 11 is 0. The van der Waals surface area contributed by atoms with Gasteiger partial charge in [0.05, 0.1) is 38.2 Å². The van der Waals surface area contributed by atoms with Gasteiger partial charge in [-0.15, -0.1) is 0 Å². The zero-order valence-corrected chi connectivity index (χ0v) is 34.6. The standard InChI is InChI=1S/C44H56N8O6/c1-25(2)38(48-43(55)57-6)41(53)51-16-8-10-36(51)34-20-29(21-45-34)27-12-14-32-30(18-27)23-50(5)24-31-19-28(13-15-33(31)32)35-22-46-40(47-35)37-11-9-17-52(37)42(54)39(26(3)4)49-44(56)58-7/h12-15,18-19,21-22,25-26,36-39H,8-11,16-17,20,23-24H2,1-7H3,(H,46,47)(H,48,55)(H,49,56)/t36-,37-,38-,39-/m0/s1. The van der Waals surface area contributed by atoms with Crippen molar-refractivity contribution in [2.24, 2.45) is 16.8 Å². The van der Waals surface area contributed by atoms with Gasteiger partial charge in [0.1, 0.15) is 17.9 Å². The molecule has 4 atom stereocenters. The maximum absolute atomic E-state index is 13.7. The number of methoxy groups -OCH3 is 2. The summed E-state index contributed by atoms with van der Waals surface area (Å²) in [6.07, 6.45) is 6.61. The van der Waals surface area contributed by atoms with E-state index < -0.39 is 24.3 Å². The van der Waals surface area contributed by atoms with Crippen molar-refractivity contribution in [3.8, 4) is 22.4 Å². The number of rotatable bonds is 10. The van der Waals surface area contributed by atoms with Crippen molar-refractivity contribution in [1.82, 2.24) is 35.3 Å². The lowest BCUT2D eigenvalue weighted by Crippen LogP contribution is -2.53. The Bertz CT molecular complexity index is 2120. The van der Waals surface area contributed by atoms with Crippen molar-refractivity contribution in [1.29, 1.82) is 0 Å². The number of fused-ring (bicyclic) bond motifs is 3. The van der Waals surface area contributed by atoms with Gasteiger partial charge in [0, 0.05) is 44.5 Å². The van der Waals surface area contributed by atoms with Crippen LogP contribution in [0, 0.1) is 11.8 Å². The summed E-state index contributed by atoms with van der Waals surface area (Å²) in [5.41, 5.74) is 9.99. The molecule has 308 valence electrons. The lowest BCUT2D eigenvalue weighted by Gasteiger charge is -2.31. The van der Waals surface area contributed by atoms with E-state index in [0.717, 1.165) is 72.7 Å². The number of allylic oxidation sites excluding steroid dienone is 1. The Morgan fingerprint density at radius 2 is 1.31 bits per heavy atom. The number of H-pyrrole nitrogens is 1. The highest BCUT2D eigenvalue weighted by atomic mass is 16.5. The first-order valence-electron chi connectivity index (χ1n) is 20.4. The van der Waals surface area contributed by atoms with E-state index >= 15 is 0 Å². The number of aliphatic imine (C=N–C) groups is 1. The Hall–Kier alpha value is -5.50. The van der Waals surface area contributed by atoms with E-state index in [9.17, 15) is 19.2 Å². The van der Waals surface area contributed by atoms with Gasteiger partial charge in [-0.05, 0) is 95.7 Å². The second-order valence-corrected chi connectivity index (χ2v) is 16.6. The van der Waals surface area contributed by atoms with Crippen LogP contribution in [0.1, 0.15) is 88.4 Å². The third-order valence-electron chi connectivity index (χ3n) is 12.0. The maximum Gasteiger partial charge on any atom is 0.407 e. The lowest BCUT2D eigenvalue weighted by molar-refractivity contribution is -0.135. The van der Waals surface area contributed by atoms with Gasteiger partial charge < -0.3 is 34.9 Å². The minimum Gasteiger partial charge on any atom is -0.453 e. The van der Waals surface area contributed by atoms with Crippen LogP contribution in [-0.4, -0.2) is 107 Å². The van der Waals surface area contributed by atoms with Crippen LogP contribution in [0.2, 0.25) is 0 Å². The highest BCUT2D eigenvalue weighted by molar-refractivity contribution is 6.04. The molecule has 7 rings (SSSR count). The molecule has 4 aliphatic rings. The van der Waals surface area contributed by atoms with Crippen molar-refractivity contribution >= 4 is 35.3 Å². The number of aromatic nitrogens is 2. The topological polar surface area (TPSA) is 162 Å². The normalized spacial score (nSPS) is 20.2. The SMILES string of the molecule is COC(=O)N[C@H](C(=O)N1CCC[C@H]1C1=NC=C(c2ccc3c(c2)CN(C)Cc2cc(-c4cnc([C@@H]5CCCN5C(=O)[C@@H](NC(=O)OC)C(C)C)[nH]4)ccc2-3)C1)C(C)C. The van der Waals surface area contributed by atoms with Crippen LogP contribution in [0.4, 0.5) is 9.59 Å². The van der Waals surface area contributed by atoms with Gasteiger partial charge in [-0.2, -0.15) is 0 Å². The molecule has 14 nitrogen and oxygen atoms in total. The first kappa shape index (κ1) is 40.7. The van der Waals surface area contributed by atoms with Crippen molar-refractivity contribution in [2.75, 3.05) is 34.4 Å². The minimum absolute atomic E-state index is 0.0886. The Labute approximate surface area is 340 Å². The van der Waals surface area contributed by atoms with Crippen LogP contribution >= 0.6 is 0 Å². The van der Waals surface area contributed by atoms with Crippen LogP contribution in [-0.2, 0) is 32.2 Å². The zero-order chi connectivity index (χ0) is 41.2. The molecular weight excluding hydrogens is 737 g/mol. The van der Waals surface area contributed by atoms with E-state index in [2.05, 4.69) is 64.0 Å². The summed E-state index contributed by atoms with van der Waals surface area (Å²) in [5, 5.41) is 5.45. The zero-order valence-electron chi connectivity index (χ0n) is 34.6. The van der Waals surface area contributed by atoms with Gasteiger partial charge in [-0.1, -0.05) is 52.0 Å². The highest BCUT2D eigenvalue weighted by Crippen LogP contribution is 2.39. The number of hydrogen-bond donors (Lipinski definition) is 3. The van der Waals surface area contributed by atoms with Crippen LogP contribution < -0.4 is 10.6 Å². The molecule has 58 heavy (non-hydrogen) atoms.